The highest BCUT2D eigenvalue weighted by atomic mass is 127. The SMILES string of the molecule is C.C.C.CN(CCCl)CC(Cl)c1ccccc1.CN1CCN(c2ncccc2CO)C(c2ccccc2)C1.CN1CCN2c3ncccc3Cc3ccccc3C2C1.I.Nc1ncccc1CO. The fourth-order valence-electron chi connectivity index (χ4n) is 8.30. The Morgan fingerprint density at radius 3 is 1.76 bits per heavy atom. The molecule has 3 aliphatic heterocycles. The number of pyridine rings is 3. The van der Waals surface area contributed by atoms with Crippen molar-refractivity contribution >= 4 is 64.6 Å². The number of likely N-dealkylation sites (N-methyl/N-ethyl adjacent to an activating group) is 3. The Kier molecular flexibility index (Phi) is 27.2. The first-order chi connectivity index (χ1) is 31.2. The molecule has 0 saturated carbocycles. The Labute approximate surface area is 435 Å². The quantitative estimate of drug-likeness (QED) is 0.0948. The molecule has 0 spiro atoms. The van der Waals surface area contributed by atoms with E-state index in [1.165, 1.54) is 28.1 Å². The molecule has 9 rings (SSSR count). The van der Waals surface area contributed by atoms with Crippen LogP contribution in [0.15, 0.2) is 140 Å². The molecule has 14 heteroatoms. The average Bonchev–Trinajstić information content (AvgIpc) is 3.47. The van der Waals surface area contributed by atoms with Gasteiger partial charge in [0.15, 0.2) is 0 Å². The minimum Gasteiger partial charge on any atom is -0.392 e. The maximum absolute atomic E-state index is 9.58. The van der Waals surface area contributed by atoms with Gasteiger partial charge in [-0.05, 0) is 67.2 Å². The number of nitrogen functional groups attached to an aromatic ring is 1. The third kappa shape index (κ3) is 16.6. The lowest BCUT2D eigenvalue weighted by Crippen LogP contribution is -2.47. The molecular formula is C54H76Cl2IN9O2. The molecule has 6 heterocycles. The van der Waals surface area contributed by atoms with Crippen molar-refractivity contribution in [1.82, 2.24) is 29.7 Å². The number of alkyl halides is 2. The van der Waals surface area contributed by atoms with Gasteiger partial charge >= 0.3 is 0 Å². The molecule has 6 aromatic rings. The van der Waals surface area contributed by atoms with Crippen LogP contribution in [0.3, 0.4) is 0 Å². The highest BCUT2D eigenvalue weighted by Gasteiger charge is 2.33. The number of halogens is 3. The number of rotatable bonds is 9. The number of aliphatic hydroxyl groups is 2. The van der Waals surface area contributed by atoms with Crippen molar-refractivity contribution in [2.75, 3.05) is 94.9 Å². The van der Waals surface area contributed by atoms with Crippen molar-refractivity contribution in [3.05, 3.63) is 179 Å². The molecule has 11 nitrogen and oxygen atoms in total. The van der Waals surface area contributed by atoms with Crippen LogP contribution in [-0.2, 0) is 19.6 Å². The predicted octanol–water partition coefficient (Wildman–Crippen LogP) is 10.4. The first-order valence-corrected chi connectivity index (χ1v) is 22.9. The summed E-state index contributed by atoms with van der Waals surface area (Å²) < 4.78 is 0. The monoisotopic (exact) mass is 1080 g/mol. The normalized spacial score (nSPS) is 16.4. The molecule has 0 amide bonds. The van der Waals surface area contributed by atoms with Gasteiger partial charge in [-0.3, -0.25) is 0 Å². The van der Waals surface area contributed by atoms with E-state index in [0.29, 0.717) is 23.3 Å². The van der Waals surface area contributed by atoms with E-state index in [4.69, 9.17) is 34.0 Å². The summed E-state index contributed by atoms with van der Waals surface area (Å²) in [6.45, 7) is 7.81. The highest BCUT2D eigenvalue weighted by Crippen LogP contribution is 2.38. The second kappa shape index (κ2) is 31.0. The summed E-state index contributed by atoms with van der Waals surface area (Å²) in [5, 5.41) is 18.2. The highest BCUT2D eigenvalue weighted by molar-refractivity contribution is 14.0. The summed E-state index contributed by atoms with van der Waals surface area (Å²) in [5.41, 5.74) is 13.7. The van der Waals surface area contributed by atoms with Gasteiger partial charge in [0.2, 0.25) is 0 Å². The number of aromatic nitrogens is 3. The zero-order chi connectivity index (χ0) is 45.3. The van der Waals surface area contributed by atoms with Crippen LogP contribution in [0.4, 0.5) is 17.5 Å². The zero-order valence-corrected chi connectivity index (χ0v) is 41.6. The van der Waals surface area contributed by atoms with E-state index in [-0.39, 0.29) is 70.9 Å². The maximum Gasteiger partial charge on any atom is 0.134 e. The van der Waals surface area contributed by atoms with Crippen molar-refractivity contribution in [1.29, 1.82) is 0 Å². The van der Waals surface area contributed by atoms with E-state index in [1.54, 1.807) is 24.5 Å². The number of hydrogen-bond acceptors (Lipinski definition) is 11. The molecule has 3 aliphatic rings. The molecular weight excluding hydrogens is 1000 g/mol. The summed E-state index contributed by atoms with van der Waals surface area (Å²) in [6.07, 6.45) is 6.31. The third-order valence-corrected chi connectivity index (χ3v) is 12.4. The Bertz CT molecular complexity index is 2300. The second-order valence-electron chi connectivity index (χ2n) is 16.4. The summed E-state index contributed by atoms with van der Waals surface area (Å²) in [4.78, 5) is 24.7. The largest absolute Gasteiger partial charge is 0.392 e. The van der Waals surface area contributed by atoms with Crippen LogP contribution < -0.4 is 15.5 Å². The van der Waals surface area contributed by atoms with Gasteiger partial charge in [0.25, 0.3) is 0 Å². The molecule has 3 aromatic carbocycles. The fourth-order valence-corrected chi connectivity index (χ4v) is 8.97. The van der Waals surface area contributed by atoms with E-state index < -0.39 is 0 Å². The van der Waals surface area contributed by atoms with Crippen LogP contribution in [0, 0.1) is 0 Å². The second-order valence-corrected chi connectivity index (χ2v) is 17.3. The Hall–Kier alpha value is -4.38. The standard InChI is InChI=1S/C17H21N3O.C17H19N3.C11H15Cl2N.C6H8N2O.3CH4.HI/c1-19-10-11-20(17-15(13-21)8-5-9-18-17)16(12-19)14-6-3-2-4-7-14;1-19-9-10-20-16(12-19)15-7-3-2-5-13(15)11-14-6-4-8-18-17(14)20;1-14(8-7-12)9-11(13)10-5-3-2-4-6-10;7-6-5(4-9)2-1-3-8-6;;;;/h2-9,16,21H,10-13H2,1H3;2-8,16H,9-12H2,1H3;2-6,11H,7-9H2,1H3;1-3,9H,4H2,(H2,7,8);3*1H4;1H. The fraction of sp³-hybridized carbons (Fsp3) is 0.389. The number of aliphatic hydroxyl groups excluding tert-OH is 2. The van der Waals surface area contributed by atoms with Gasteiger partial charge in [-0.15, -0.1) is 47.2 Å². The third-order valence-electron chi connectivity index (χ3n) is 11.8. The van der Waals surface area contributed by atoms with E-state index in [2.05, 4.69) is 114 Å². The number of nitrogens with two attached hydrogens (primary N) is 1. The van der Waals surface area contributed by atoms with Crippen LogP contribution in [0.2, 0.25) is 0 Å². The van der Waals surface area contributed by atoms with Crippen molar-refractivity contribution in [3.63, 3.8) is 0 Å². The van der Waals surface area contributed by atoms with Crippen molar-refractivity contribution < 1.29 is 10.2 Å². The molecule has 0 bridgehead atoms. The van der Waals surface area contributed by atoms with E-state index in [9.17, 15) is 5.11 Å². The first-order valence-electron chi connectivity index (χ1n) is 22.0. The molecule has 2 saturated heterocycles. The van der Waals surface area contributed by atoms with Gasteiger partial charge in [0.1, 0.15) is 17.5 Å². The lowest BCUT2D eigenvalue weighted by Gasteiger charge is -2.41. The lowest BCUT2D eigenvalue weighted by molar-refractivity contribution is 0.262. The Morgan fingerprint density at radius 1 is 0.647 bits per heavy atom. The van der Waals surface area contributed by atoms with Crippen LogP contribution in [0.1, 0.15) is 78.7 Å². The van der Waals surface area contributed by atoms with Crippen molar-refractivity contribution in [3.8, 4) is 0 Å². The Balaban J connectivity index is 0.000000317. The molecule has 3 unspecified atom stereocenters. The van der Waals surface area contributed by atoms with E-state index >= 15 is 0 Å². The molecule has 4 N–H and O–H groups in total. The van der Waals surface area contributed by atoms with E-state index in [1.807, 2.05) is 61.8 Å². The van der Waals surface area contributed by atoms with Crippen LogP contribution in [-0.4, -0.2) is 119 Å². The van der Waals surface area contributed by atoms with Crippen LogP contribution >= 0.6 is 47.2 Å². The molecule has 3 aromatic heterocycles. The van der Waals surface area contributed by atoms with Gasteiger partial charge in [-0.1, -0.05) is 125 Å². The number of benzene rings is 3. The molecule has 0 aliphatic carbocycles. The van der Waals surface area contributed by atoms with Crippen molar-refractivity contribution in [2.24, 2.45) is 0 Å². The number of hydrogen-bond donors (Lipinski definition) is 3. The molecule has 0 radical (unpaired) electrons. The summed E-state index contributed by atoms with van der Waals surface area (Å²) in [6, 6.07) is 41.8. The number of nitrogens with zero attached hydrogens (tertiary/aromatic N) is 8. The number of fused-ring (bicyclic) bond motifs is 5. The predicted molar refractivity (Wildman–Crippen MR) is 299 cm³/mol. The van der Waals surface area contributed by atoms with Crippen LogP contribution in [0.5, 0.6) is 0 Å². The van der Waals surface area contributed by atoms with Crippen molar-refractivity contribution in [2.45, 2.75) is 59.4 Å². The maximum atomic E-state index is 9.58. The minimum atomic E-state index is -0.0420. The molecule has 3 atom stereocenters. The number of anilines is 3. The average molecular weight is 1080 g/mol. The topological polar surface area (TPSA) is 121 Å². The van der Waals surface area contributed by atoms with Crippen LogP contribution in [0.25, 0.3) is 0 Å². The van der Waals surface area contributed by atoms with Gasteiger partial charge in [-0.25, -0.2) is 15.0 Å². The van der Waals surface area contributed by atoms with E-state index in [0.717, 1.165) is 75.7 Å². The zero-order valence-electron chi connectivity index (χ0n) is 37.7. The number of piperazine rings is 2. The summed E-state index contributed by atoms with van der Waals surface area (Å²) in [7, 11) is 6.39. The van der Waals surface area contributed by atoms with Gasteiger partial charge in [0.05, 0.1) is 30.7 Å². The molecule has 370 valence electrons. The Morgan fingerprint density at radius 2 is 1.16 bits per heavy atom. The summed E-state index contributed by atoms with van der Waals surface area (Å²) in [5.74, 6) is 3.14. The molecule has 2 fully saturated rings. The smallest absolute Gasteiger partial charge is 0.134 e. The summed E-state index contributed by atoms with van der Waals surface area (Å²) >= 11 is 11.9. The molecule has 68 heavy (non-hydrogen) atoms. The van der Waals surface area contributed by atoms with Gasteiger partial charge < -0.3 is 40.4 Å². The lowest BCUT2D eigenvalue weighted by atomic mass is 9.96. The van der Waals surface area contributed by atoms with Gasteiger partial charge in [0, 0.05) is 94.4 Å². The minimum absolute atomic E-state index is 0. The van der Waals surface area contributed by atoms with Gasteiger partial charge in [-0.2, -0.15) is 0 Å². The first kappa shape index (κ1) is 59.7.